The van der Waals surface area contributed by atoms with Gasteiger partial charge in [-0.05, 0) is 24.3 Å². The number of rotatable bonds is 5. The van der Waals surface area contributed by atoms with Gasteiger partial charge in [0.05, 0.1) is 19.9 Å². The van der Waals surface area contributed by atoms with Crippen LogP contribution in [0.15, 0.2) is 63.9 Å². The largest absolute Gasteiger partial charge is 0.497 e. The van der Waals surface area contributed by atoms with E-state index in [-0.39, 0.29) is 11.7 Å². The predicted molar refractivity (Wildman–Crippen MR) is 103 cm³/mol. The van der Waals surface area contributed by atoms with Crippen LogP contribution in [0, 0.1) is 0 Å². The molecule has 28 heavy (non-hydrogen) atoms. The number of amidine groups is 1. The number of nitrogens with zero attached hydrogens (tertiary/aromatic N) is 4. The summed E-state index contributed by atoms with van der Waals surface area (Å²) in [5.74, 6) is 0.343. The lowest BCUT2D eigenvalue weighted by molar-refractivity contribution is -0.117. The van der Waals surface area contributed by atoms with Gasteiger partial charge < -0.3 is 14.8 Å². The summed E-state index contributed by atoms with van der Waals surface area (Å²) >= 11 is 0. The smallest absolute Gasteiger partial charge is 0.282 e. The Morgan fingerprint density at radius 2 is 1.89 bits per heavy atom. The molecule has 0 radical (unpaired) electrons. The van der Waals surface area contributed by atoms with Crippen LogP contribution in [0.1, 0.15) is 6.92 Å². The molecule has 1 atom stereocenters. The van der Waals surface area contributed by atoms with Crippen molar-refractivity contribution in [2.24, 2.45) is 15.3 Å². The third-order valence-electron chi connectivity index (χ3n) is 3.88. The number of azo groups is 1. The minimum atomic E-state index is -1.08. The number of hydrazone groups is 1. The van der Waals surface area contributed by atoms with Crippen LogP contribution in [0.4, 0.5) is 11.4 Å². The molecular weight excluding hydrogens is 362 g/mol. The van der Waals surface area contributed by atoms with Gasteiger partial charge in [-0.2, -0.15) is 15.2 Å². The van der Waals surface area contributed by atoms with Crippen molar-refractivity contribution in [1.29, 1.82) is 0 Å². The monoisotopic (exact) mass is 381 g/mol. The van der Waals surface area contributed by atoms with Crippen LogP contribution in [0.3, 0.4) is 0 Å². The second-order valence-corrected chi connectivity index (χ2v) is 5.81. The summed E-state index contributed by atoms with van der Waals surface area (Å²) in [6.07, 6.45) is 0. The molecule has 1 aliphatic rings. The Balaban J connectivity index is 1.93. The number of hydrogen-bond acceptors (Lipinski definition) is 7. The summed E-state index contributed by atoms with van der Waals surface area (Å²) in [4.78, 5) is 24.4. The quantitative estimate of drug-likeness (QED) is 0.804. The second kappa shape index (κ2) is 8.30. The number of carbonyl (C=O) groups is 2. The van der Waals surface area contributed by atoms with Gasteiger partial charge in [-0.1, -0.05) is 18.2 Å². The molecule has 1 N–H and O–H groups in total. The van der Waals surface area contributed by atoms with E-state index in [1.54, 1.807) is 42.5 Å². The maximum atomic E-state index is 12.8. The minimum Gasteiger partial charge on any atom is -0.497 e. The van der Waals surface area contributed by atoms with Crippen molar-refractivity contribution in [1.82, 2.24) is 5.32 Å². The van der Waals surface area contributed by atoms with E-state index >= 15 is 0 Å². The molecule has 0 spiro atoms. The number of hydrogen-bond donors (Lipinski definition) is 1. The van der Waals surface area contributed by atoms with Crippen molar-refractivity contribution in [3.8, 4) is 11.5 Å². The van der Waals surface area contributed by atoms with E-state index < -0.39 is 11.9 Å². The van der Waals surface area contributed by atoms with Crippen molar-refractivity contribution in [2.75, 3.05) is 19.2 Å². The Kier molecular flexibility index (Phi) is 5.64. The molecule has 0 aliphatic carbocycles. The highest BCUT2D eigenvalue weighted by Crippen LogP contribution is 2.32. The molecule has 144 valence electrons. The van der Waals surface area contributed by atoms with Crippen molar-refractivity contribution in [2.45, 2.75) is 13.0 Å². The Morgan fingerprint density at radius 3 is 2.54 bits per heavy atom. The lowest BCUT2D eigenvalue weighted by atomic mass is 10.2. The van der Waals surface area contributed by atoms with Gasteiger partial charge >= 0.3 is 0 Å². The standard InChI is InChI=1S/C19H19N5O4/c1-12(25)20-18-17(19(26)24(23-18)13-7-5-4-6-8-13)22-21-15-11-14(27-2)9-10-16(15)28-3/h4-11,17H,1-3H3,(H,20,23,25). The lowest BCUT2D eigenvalue weighted by Crippen LogP contribution is -2.38. The van der Waals surface area contributed by atoms with E-state index in [0.717, 1.165) is 0 Å². The SMILES string of the molecule is COc1ccc(OC)c(N=NC2C(=O)N(c3ccccc3)N=C2NC(C)=O)c1. The van der Waals surface area contributed by atoms with Crippen LogP contribution in [0.5, 0.6) is 11.5 Å². The molecule has 3 rings (SSSR count). The fraction of sp³-hybridized carbons (Fsp3) is 0.211. The molecule has 0 saturated carbocycles. The number of ether oxygens (including phenoxy) is 2. The molecular formula is C19H19N5O4. The zero-order chi connectivity index (χ0) is 20.1. The number of benzene rings is 2. The number of carbonyl (C=O) groups excluding carboxylic acids is 2. The Morgan fingerprint density at radius 1 is 1.14 bits per heavy atom. The van der Waals surface area contributed by atoms with E-state index in [4.69, 9.17) is 9.47 Å². The first-order valence-corrected chi connectivity index (χ1v) is 8.41. The van der Waals surface area contributed by atoms with Crippen LogP contribution in [-0.2, 0) is 9.59 Å². The maximum absolute atomic E-state index is 12.8. The highest BCUT2D eigenvalue weighted by molar-refractivity contribution is 6.21. The highest BCUT2D eigenvalue weighted by Gasteiger charge is 2.38. The molecule has 2 amide bonds. The average Bonchev–Trinajstić information content (AvgIpc) is 3.01. The first-order valence-electron chi connectivity index (χ1n) is 8.41. The van der Waals surface area contributed by atoms with Gasteiger partial charge in [0.25, 0.3) is 5.91 Å². The summed E-state index contributed by atoms with van der Waals surface area (Å²) in [5, 5.41) is 16.2. The van der Waals surface area contributed by atoms with Crippen molar-refractivity contribution in [3.63, 3.8) is 0 Å². The van der Waals surface area contributed by atoms with E-state index in [1.807, 2.05) is 6.07 Å². The number of para-hydroxylation sites is 1. The predicted octanol–water partition coefficient (Wildman–Crippen LogP) is 2.65. The first-order chi connectivity index (χ1) is 13.5. The van der Waals surface area contributed by atoms with Gasteiger partial charge in [-0.25, -0.2) is 0 Å². The van der Waals surface area contributed by atoms with Crippen molar-refractivity contribution >= 4 is 29.0 Å². The van der Waals surface area contributed by atoms with Gasteiger partial charge in [0.2, 0.25) is 11.9 Å². The van der Waals surface area contributed by atoms with E-state index in [1.165, 1.54) is 26.2 Å². The molecule has 0 aromatic heterocycles. The third-order valence-corrected chi connectivity index (χ3v) is 3.88. The summed E-state index contributed by atoms with van der Waals surface area (Å²) in [6.45, 7) is 1.33. The van der Waals surface area contributed by atoms with Gasteiger partial charge in [0.1, 0.15) is 17.2 Å². The molecule has 0 fully saturated rings. The normalized spacial score (nSPS) is 16.2. The van der Waals surface area contributed by atoms with Crippen molar-refractivity contribution in [3.05, 3.63) is 48.5 Å². The fourth-order valence-corrected chi connectivity index (χ4v) is 2.57. The molecule has 2 aromatic carbocycles. The Hall–Kier alpha value is -3.75. The second-order valence-electron chi connectivity index (χ2n) is 5.81. The van der Waals surface area contributed by atoms with Crippen LogP contribution in [-0.4, -0.2) is 37.9 Å². The molecule has 9 nitrogen and oxygen atoms in total. The number of amides is 2. The topological polar surface area (TPSA) is 105 Å². The van der Waals surface area contributed by atoms with Gasteiger partial charge in [-0.3, -0.25) is 9.59 Å². The van der Waals surface area contributed by atoms with Gasteiger partial charge in [0, 0.05) is 13.0 Å². The summed E-state index contributed by atoms with van der Waals surface area (Å²) in [7, 11) is 3.03. The maximum Gasteiger partial charge on any atom is 0.282 e. The fourth-order valence-electron chi connectivity index (χ4n) is 2.57. The summed E-state index contributed by atoms with van der Waals surface area (Å²) < 4.78 is 10.4. The van der Waals surface area contributed by atoms with Crippen LogP contribution < -0.4 is 19.8 Å². The Bertz CT molecular complexity index is 943. The molecule has 1 heterocycles. The number of nitrogens with one attached hydrogen (secondary N) is 1. The van der Waals surface area contributed by atoms with Crippen LogP contribution >= 0.6 is 0 Å². The zero-order valence-corrected chi connectivity index (χ0v) is 15.6. The summed E-state index contributed by atoms with van der Waals surface area (Å²) in [5.41, 5.74) is 0.946. The molecule has 1 unspecified atom stereocenters. The first kappa shape index (κ1) is 19.0. The van der Waals surface area contributed by atoms with Gasteiger partial charge in [0.15, 0.2) is 5.84 Å². The van der Waals surface area contributed by atoms with E-state index in [2.05, 4.69) is 20.6 Å². The molecule has 2 aromatic rings. The number of anilines is 1. The summed E-state index contributed by atoms with van der Waals surface area (Å²) in [6, 6.07) is 12.8. The third kappa shape index (κ3) is 3.98. The molecule has 9 heteroatoms. The van der Waals surface area contributed by atoms with Crippen LogP contribution in [0.25, 0.3) is 0 Å². The van der Waals surface area contributed by atoms with Gasteiger partial charge in [-0.15, -0.1) is 5.10 Å². The van der Waals surface area contributed by atoms with E-state index in [9.17, 15) is 9.59 Å². The molecule has 0 saturated heterocycles. The average molecular weight is 381 g/mol. The molecule has 0 bridgehead atoms. The van der Waals surface area contributed by atoms with Crippen molar-refractivity contribution < 1.29 is 19.1 Å². The number of methoxy groups -OCH3 is 2. The lowest BCUT2D eigenvalue weighted by Gasteiger charge is -2.11. The highest BCUT2D eigenvalue weighted by atomic mass is 16.5. The molecule has 1 aliphatic heterocycles. The zero-order valence-electron chi connectivity index (χ0n) is 15.6. The van der Waals surface area contributed by atoms with E-state index in [0.29, 0.717) is 22.9 Å². The van der Waals surface area contributed by atoms with Crippen LogP contribution in [0.2, 0.25) is 0 Å². The minimum absolute atomic E-state index is 0.104. The Labute approximate surface area is 161 Å².